The predicted molar refractivity (Wildman–Crippen MR) is 98.6 cm³/mol. The molecular formula is C18H22N6O3. The number of fused-ring (bicyclic) bond motifs is 1. The molecule has 9 nitrogen and oxygen atoms in total. The number of rotatable bonds is 4. The Morgan fingerprint density at radius 2 is 2.15 bits per heavy atom. The van der Waals surface area contributed by atoms with Gasteiger partial charge in [-0.3, -0.25) is 19.3 Å². The second kappa shape index (κ2) is 5.97. The largest absolute Gasteiger partial charge is 0.494 e. The standard InChI is InChI=1S/C18H22N6O3/c1-18(2,3)9-23-13-8-12(11-6-7-19-21-11)22-24(13)17(27)14(16(23)26)15(25)20-10-4-5-10/h6-8,10,26H,4-5,9H2,1-3H3,(H,19,21)(H,20,25). The van der Waals surface area contributed by atoms with E-state index in [0.717, 1.165) is 12.8 Å². The summed E-state index contributed by atoms with van der Waals surface area (Å²) < 4.78 is 2.74. The van der Waals surface area contributed by atoms with Crippen LogP contribution in [0.3, 0.4) is 0 Å². The van der Waals surface area contributed by atoms with Gasteiger partial charge in [-0.05, 0) is 24.3 Å². The lowest BCUT2D eigenvalue weighted by molar-refractivity contribution is 0.0944. The summed E-state index contributed by atoms with van der Waals surface area (Å²) in [4.78, 5) is 25.5. The molecule has 0 radical (unpaired) electrons. The third kappa shape index (κ3) is 3.20. The van der Waals surface area contributed by atoms with E-state index in [1.807, 2.05) is 20.8 Å². The minimum Gasteiger partial charge on any atom is -0.494 e. The summed E-state index contributed by atoms with van der Waals surface area (Å²) in [6, 6.07) is 3.50. The molecule has 3 heterocycles. The molecule has 0 spiro atoms. The summed E-state index contributed by atoms with van der Waals surface area (Å²) in [5.74, 6) is -0.903. The van der Waals surface area contributed by atoms with Gasteiger partial charge in [-0.2, -0.15) is 14.7 Å². The molecule has 3 N–H and O–H groups in total. The topological polar surface area (TPSA) is 117 Å². The summed E-state index contributed by atoms with van der Waals surface area (Å²) >= 11 is 0. The molecule has 3 aromatic heterocycles. The highest BCUT2D eigenvalue weighted by Crippen LogP contribution is 2.27. The molecule has 0 atom stereocenters. The van der Waals surface area contributed by atoms with Crippen molar-refractivity contribution < 1.29 is 9.90 Å². The Kier molecular flexibility index (Phi) is 3.83. The summed E-state index contributed by atoms with van der Waals surface area (Å²) in [5.41, 5.74) is 0.445. The highest BCUT2D eigenvalue weighted by molar-refractivity contribution is 5.96. The smallest absolute Gasteiger partial charge is 0.291 e. The van der Waals surface area contributed by atoms with Crippen molar-refractivity contribution in [3.63, 3.8) is 0 Å². The number of carbonyl (C=O) groups excluding carboxylic acids is 1. The Hall–Kier alpha value is -3.10. The zero-order valence-corrected chi connectivity index (χ0v) is 15.5. The fourth-order valence-electron chi connectivity index (χ4n) is 3.00. The first kappa shape index (κ1) is 17.3. The molecule has 9 heteroatoms. The molecule has 1 amide bonds. The molecular weight excluding hydrogens is 348 g/mol. The van der Waals surface area contributed by atoms with Crippen molar-refractivity contribution in [2.45, 2.75) is 46.2 Å². The van der Waals surface area contributed by atoms with Crippen LogP contribution < -0.4 is 10.9 Å². The number of hydrogen-bond donors (Lipinski definition) is 3. The molecule has 0 aromatic carbocycles. The lowest BCUT2D eigenvalue weighted by atomic mass is 9.96. The zero-order valence-electron chi connectivity index (χ0n) is 15.5. The fourth-order valence-corrected chi connectivity index (χ4v) is 3.00. The van der Waals surface area contributed by atoms with E-state index >= 15 is 0 Å². The molecule has 4 rings (SSSR count). The molecule has 0 aliphatic heterocycles. The predicted octanol–water partition coefficient (Wildman–Crippen LogP) is 1.53. The van der Waals surface area contributed by atoms with Crippen molar-refractivity contribution in [1.82, 2.24) is 29.7 Å². The van der Waals surface area contributed by atoms with E-state index in [0.29, 0.717) is 23.6 Å². The van der Waals surface area contributed by atoms with Crippen LogP contribution in [-0.2, 0) is 6.54 Å². The average Bonchev–Trinajstić information content (AvgIpc) is 3.08. The third-order valence-electron chi connectivity index (χ3n) is 4.40. The molecule has 1 aliphatic carbocycles. The van der Waals surface area contributed by atoms with Gasteiger partial charge in [0.05, 0.1) is 5.69 Å². The van der Waals surface area contributed by atoms with Crippen LogP contribution in [0.15, 0.2) is 23.1 Å². The van der Waals surface area contributed by atoms with E-state index < -0.39 is 11.5 Å². The first-order chi connectivity index (χ1) is 12.7. The van der Waals surface area contributed by atoms with Gasteiger partial charge in [-0.1, -0.05) is 20.8 Å². The Morgan fingerprint density at radius 1 is 1.41 bits per heavy atom. The van der Waals surface area contributed by atoms with Gasteiger partial charge >= 0.3 is 0 Å². The molecule has 142 valence electrons. The molecule has 3 aromatic rings. The van der Waals surface area contributed by atoms with Crippen molar-refractivity contribution >= 4 is 11.6 Å². The van der Waals surface area contributed by atoms with Crippen molar-refractivity contribution in [2.75, 3.05) is 0 Å². The van der Waals surface area contributed by atoms with E-state index in [9.17, 15) is 14.7 Å². The van der Waals surface area contributed by atoms with Crippen LogP contribution in [0.25, 0.3) is 17.0 Å². The second-order valence-corrected chi connectivity index (χ2v) is 8.17. The second-order valence-electron chi connectivity index (χ2n) is 8.17. The number of carbonyl (C=O) groups is 1. The molecule has 1 aliphatic rings. The van der Waals surface area contributed by atoms with Crippen molar-refractivity contribution in [2.24, 2.45) is 5.41 Å². The van der Waals surface area contributed by atoms with E-state index in [-0.39, 0.29) is 22.9 Å². The Morgan fingerprint density at radius 3 is 2.74 bits per heavy atom. The van der Waals surface area contributed by atoms with E-state index in [1.165, 1.54) is 4.52 Å². The van der Waals surface area contributed by atoms with Crippen LogP contribution >= 0.6 is 0 Å². The lowest BCUT2D eigenvalue weighted by Gasteiger charge is -2.23. The van der Waals surface area contributed by atoms with Gasteiger partial charge in [-0.25, -0.2) is 0 Å². The normalized spacial score (nSPS) is 14.6. The maximum atomic E-state index is 12.9. The van der Waals surface area contributed by atoms with Gasteiger partial charge in [0.2, 0.25) is 5.88 Å². The molecule has 0 unspecified atom stereocenters. The first-order valence-electron chi connectivity index (χ1n) is 8.91. The third-order valence-corrected chi connectivity index (χ3v) is 4.40. The van der Waals surface area contributed by atoms with Gasteiger partial charge in [-0.15, -0.1) is 0 Å². The van der Waals surface area contributed by atoms with Gasteiger partial charge in [0.25, 0.3) is 11.5 Å². The van der Waals surface area contributed by atoms with Crippen LogP contribution in [0.2, 0.25) is 0 Å². The minimum absolute atomic E-state index is 0.0706. The number of amides is 1. The maximum absolute atomic E-state index is 12.9. The average molecular weight is 370 g/mol. The van der Waals surface area contributed by atoms with Crippen LogP contribution in [0.1, 0.15) is 44.0 Å². The van der Waals surface area contributed by atoms with Crippen LogP contribution in [0, 0.1) is 5.41 Å². The first-order valence-corrected chi connectivity index (χ1v) is 8.91. The SMILES string of the molecule is CC(C)(C)Cn1c(O)c(C(=O)NC2CC2)c(=O)n2nc(-c3ccn[nH]3)cc12. The van der Waals surface area contributed by atoms with Gasteiger partial charge in [0.15, 0.2) is 5.56 Å². The van der Waals surface area contributed by atoms with E-state index in [4.69, 9.17) is 0 Å². The fraction of sp³-hybridized carbons (Fsp3) is 0.444. The monoisotopic (exact) mass is 370 g/mol. The maximum Gasteiger partial charge on any atom is 0.291 e. The molecule has 1 fully saturated rings. The van der Waals surface area contributed by atoms with Crippen molar-refractivity contribution in [3.8, 4) is 17.3 Å². The molecule has 27 heavy (non-hydrogen) atoms. The summed E-state index contributed by atoms with van der Waals surface area (Å²) in [6.45, 7) is 6.44. The highest BCUT2D eigenvalue weighted by Gasteiger charge is 2.30. The molecule has 0 saturated heterocycles. The Labute approximate surface area is 155 Å². The van der Waals surface area contributed by atoms with Crippen LogP contribution in [-0.4, -0.2) is 41.4 Å². The number of aromatic nitrogens is 5. The number of nitrogens with one attached hydrogen (secondary N) is 2. The highest BCUT2D eigenvalue weighted by atomic mass is 16.3. The summed E-state index contributed by atoms with van der Waals surface area (Å²) in [6.07, 6.45) is 3.36. The molecule has 1 saturated carbocycles. The van der Waals surface area contributed by atoms with Gasteiger partial charge < -0.3 is 10.4 Å². The summed E-state index contributed by atoms with van der Waals surface area (Å²) in [7, 11) is 0. The van der Waals surface area contributed by atoms with Gasteiger partial charge in [0.1, 0.15) is 11.3 Å². The number of H-pyrrole nitrogens is 1. The zero-order chi connectivity index (χ0) is 19.3. The number of hydrogen-bond acceptors (Lipinski definition) is 5. The molecule has 0 bridgehead atoms. The van der Waals surface area contributed by atoms with E-state index in [2.05, 4.69) is 20.6 Å². The Balaban J connectivity index is 1.95. The van der Waals surface area contributed by atoms with Crippen molar-refractivity contribution in [3.05, 3.63) is 34.2 Å². The van der Waals surface area contributed by atoms with Crippen LogP contribution in [0.4, 0.5) is 0 Å². The summed E-state index contributed by atoms with van der Waals surface area (Å²) in [5, 5.41) is 24.6. The van der Waals surface area contributed by atoms with Gasteiger partial charge in [0, 0.05) is 24.8 Å². The van der Waals surface area contributed by atoms with E-state index in [1.54, 1.807) is 22.9 Å². The number of aromatic hydroxyl groups is 1. The minimum atomic E-state index is -0.642. The quantitative estimate of drug-likeness (QED) is 0.644. The Bertz CT molecular complexity index is 1070. The lowest BCUT2D eigenvalue weighted by Crippen LogP contribution is -2.35. The van der Waals surface area contributed by atoms with Crippen molar-refractivity contribution in [1.29, 1.82) is 0 Å². The number of aromatic amines is 1. The van der Waals surface area contributed by atoms with Crippen LogP contribution in [0.5, 0.6) is 5.88 Å². The number of nitrogens with zero attached hydrogens (tertiary/aromatic N) is 4.